The predicted molar refractivity (Wildman–Crippen MR) is 124 cm³/mol. The Kier molecular flexibility index (Phi) is 10.1. The largest absolute Gasteiger partial charge is 0.459 e. The van der Waals surface area contributed by atoms with Crippen LogP contribution in [0.25, 0.3) is 11.0 Å². The highest BCUT2D eigenvalue weighted by atomic mass is 127. The van der Waals surface area contributed by atoms with Crippen molar-refractivity contribution in [3.63, 3.8) is 0 Å². The number of furan rings is 1. The maximum atomic E-state index is 5.93. The molecule has 0 spiro atoms. The molecular formula is C21H32IN3O3. The van der Waals surface area contributed by atoms with Crippen molar-refractivity contribution in [2.45, 2.75) is 32.7 Å². The molecule has 0 bridgehead atoms. The average molecular weight is 501 g/mol. The van der Waals surface area contributed by atoms with Crippen LogP contribution in [0.2, 0.25) is 0 Å². The third-order valence-electron chi connectivity index (χ3n) is 5.03. The molecule has 0 atom stereocenters. The van der Waals surface area contributed by atoms with Crippen LogP contribution in [0.1, 0.15) is 30.6 Å². The monoisotopic (exact) mass is 501 g/mol. The Morgan fingerprint density at radius 3 is 2.75 bits per heavy atom. The Morgan fingerprint density at radius 2 is 2.00 bits per heavy atom. The van der Waals surface area contributed by atoms with Crippen LogP contribution < -0.4 is 10.6 Å². The first-order valence-electron chi connectivity index (χ1n) is 9.85. The summed E-state index contributed by atoms with van der Waals surface area (Å²) in [6, 6.07) is 8.12. The molecule has 1 saturated heterocycles. The van der Waals surface area contributed by atoms with E-state index < -0.39 is 0 Å². The molecule has 2 aromatic rings. The summed E-state index contributed by atoms with van der Waals surface area (Å²) in [6.45, 7) is 6.90. The fraction of sp³-hybridized carbons (Fsp3) is 0.571. The van der Waals surface area contributed by atoms with E-state index in [1.54, 1.807) is 7.05 Å². The Bertz CT molecular complexity index is 742. The van der Waals surface area contributed by atoms with Crippen LogP contribution in [0, 0.1) is 12.8 Å². The molecule has 6 nitrogen and oxygen atoms in total. The number of nitrogens with one attached hydrogen (secondary N) is 2. The van der Waals surface area contributed by atoms with Gasteiger partial charge in [-0.15, -0.1) is 24.0 Å². The summed E-state index contributed by atoms with van der Waals surface area (Å²) < 4.78 is 17.1. The number of para-hydroxylation sites is 1. The zero-order chi connectivity index (χ0) is 18.9. The molecule has 0 unspecified atom stereocenters. The number of guanidine groups is 1. The zero-order valence-electron chi connectivity index (χ0n) is 16.8. The SMILES string of the molecule is CN=C(NCCCOCC1CCOCC1)NCc1oc2ccccc2c1C.I. The van der Waals surface area contributed by atoms with Crippen molar-refractivity contribution in [1.29, 1.82) is 0 Å². The Balaban J connectivity index is 0.00000280. The van der Waals surface area contributed by atoms with Crippen molar-refractivity contribution in [3.05, 3.63) is 35.6 Å². The Labute approximate surface area is 184 Å². The number of aryl methyl sites for hydroxylation is 1. The molecule has 156 valence electrons. The molecule has 0 saturated carbocycles. The lowest BCUT2D eigenvalue weighted by Gasteiger charge is -2.21. The Hall–Kier alpha value is -1.32. The van der Waals surface area contributed by atoms with Gasteiger partial charge >= 0.3 is 0 Å². The van der Waals surface area contributed by atoms with Crippen LogP contribution in [0.4, 0.5) is 0 Å². The molecule has 7 heteroatoms. The van der Waals surface area contributed by atoms with E-state index in [9.17, 15) is 0 Å². The molecule has 28 heavy (non-hydrogen) atoms. The van der Waals surface area contributed by atoms with E-state index in [-0.39, 0.29) is 24.0 Å². The fourth-order valence-corrected chi connectivity index (χ4v) is 3.32. The maximum absolute atomic E-state index is 5.93. The molecular weight excluding hydrogens is 469 g/mol. The minimum Gasteiger partial charge on any atom is -0.459 e. The van der Waals surface area contributed by atoms with E-state index in [1.165, 1.54) is 10.9 Å². The number of aliphatic imine (C=N–C) groups is 1. The minimum atomic E-state index is 0. The first-order valence-corrected chi connectivity index (χ1v) is 9.85. The highest BCUT2D eigenvalue weighted by Gasteiger charge is 2.13. The summed E-state index contributed by atoms with van der Waals surface area (Å²) in [6.07, 6.45) is 3.19. The average Bonchev–Trinajstić information content (AvgIpc) is 3.03. The van der Waals surface area contributed by atoms with Crippen LogP contribution in [0.5, 0.6) is 0 Å². The summed E-state index contributed by atoms with van der Waals surface area (Å²) in [5.74, 6) is 2.38. The topological polar surface area (TPSA) is 68.0 Å². The van der Waals surface area contributed by atoms with E-state index >= 15 is 0 Å². The molecule has 0 amide bonds. The lowest BCUT2D eigenvalue weighted by Crippen LogP contribution is -2.37. The van der Waals surface area contributed by atoms with Crippen molar-refractivity contribution >= 4 is 40.9 Å². The molecule has 1 fully saturated rings. The van der Waals surface area contributed by atoms with Gasteiger partial charge in [0.05, 0.1) is 6.54 Å². The molecule has 3 rings (SSSR count). The van der Waals surface area contributed by atoms with Crippen LogP contribution in [-0.4, -0.2) is 46.0 Å². The third-order valence-corrected chi connectivity index (χ3v) is 5.03. The van der Waals surface area contributed by atoms with Gasteiger partial charge in [-0.2, -0.15) is 0 Å². The van der Waals surface area contributed by atoms with Crippen molar-refractivity contribution in [1.82, 2.24) is 10.6 Å². The number of fused-ring (bicyclic) bond motifs is 1. The smallest absolute Gasteiger partial charge is 0.191 e. The van der Waals surface area contributed by atoms with Gasteiger partial charge in [-0.25, -0.2) is 0 Å². The van der Waals surface area contributed by atoms with Gasteiger partial charge < -0.3 is 24.5 Å². The highest BCUT2D eigenvalue weighted by molar-refractivity contribution is 14.0. The summed E-state index contributed by atoms with van der Waals surface area (Å²) in [7, 11) is 1.78. The van der Waals surface area contributed by atoms with Gasteiger partial charge in [0.25, 0.3) is 0 Å². The zero-order valence-corrected chi connectivity index (χ0v) is 19.2. The van der Waals surface area contributed by atoms with Gasteiger partial charge in [-0.3, -0.25) is 4.99 Å². The highest BCUT2D eigenvalue weighted by Crippen LogP contribution is 2.24. The molecule has 1 aliphatic rings. The first kappa shape index (κ1) is 23.0. The van der Waals surface area contributed by atoms with Crippen LogP contribution in [0.3, 0.4) is 0 Å². The van der Waals surface area contributed by atoms with Crippen LogP contribution in [0.15, 0.2) is 33.7 Å². The number of halogens is 1. The van der Waals surface area contributed by atoms with Gasteiger partial charge in [0, 0.05) is 51.0 Å². The van der Waals surface area contributed by atoms with Gasteiger partial charge in [0.15, 0.2) is 5.96 Å². The third kappa shape index (κ3) is 6.63. The van der Waals surface area contributed by atoms with Crippen molar-refractivity contribution in [2.75, 3.05) is 40.0 Å². The number of hydrogen-bond acceptors (Lipinski definition) is 4. The summed E-state index contributed by atoms with van der Waals surface area (Å²) in [5, 5.41) is 7.81. The van der Waals surface area contributed by atoms with E-state index in [0.29, 0.717) is 12.5 Å². The molecule has 0 radical (unpaired) electrons. The van der Waals surface area contributed by atoms with Crippen LogP contribution in [-0.2, 0) is 16.0 Å². The van der Waals surface area contributed by atoms with E-state index in [1.807, 2.05) is 18.2 Å². The normalized spacial score (nSPS) is 15.4. The van der Waals surface area contributed by atoms with Crippen LogP contribution >= 0.6 is 24.0 Å². The Morgan fingerprint density at radius 1 is 1.21 bits per heavy atom. The molecule has 1 aromatic carbocycles. The van der Waals surface area contributed by atoms with E-state index in [0.717, 1.165) is 69.5 Å². The molecule has 1 aliphatic heterocycles. The predicted octanol–water partition coefficient (Wildman–Crippen LogP) is 3.86. The molecule has 0 aliphatic carbocycles. The molecule has 1 aromatic heterocycles. The number of rotatable bonds is 8. The second kappa shape index (κ2) is 12.3. The van der Waals surface area contributed by atoms with Crippen molar-refractivity contribution in [2.24, 2.45) is 10.9 Å². The number of hydrogen-bond donors (Lipinski definition) is 2. The van der Waals surface area contributed by atoms with E-state index in [4.69, 9.17) is 13.9 Å². The summed E-state index contributed by atoms with van der Waals surface area (Å²) >= 11 is 0. The second-order valence-corrected chi connectivity index (χ2v) is 6.98. The van der Waals surface area contributed by atoms with Gasteiger partial charge in [0.1, 0.15) is 11.3 Å². The lowest BCUT2D eigenvalue weighted by molar-refractivity contribution is 0.0203. The first-order chi connectivity index (χ1) is 13.3. The molecule has 2 N–H and O–H groups in total. The summed E-state index contributed by atoms with van der Waals surface area (Å²) in [5.41, 5.74) is 2.10. The minimum absolute atomic E-state index is 0. The summed E-state index contributed by atoms with van der Waals surface area (Å²) in [4.78, 5) is 4.28. The van der Waals surface area contributed by atoms with E-state index in [2.05, 4.69) is 28.6 Å². The number of nitrogens with zero attached hydrogens (tertiary/aromatic N) is 1. The van der Waals surface area contributed by atoms with Crippen molar-refractivity contribution < 1.29 is 13.9 Å². The van der Waals surface area contributed by atoms with Gasteiger partial charge in [-0.1, -0.05) is 18.2 Å². The maximum Gasteiger partial charge on any atom is 0.191 e. The molecule has 2 heterocycles. The number of benzene rings is 1. The van der Waals surface area contributed by atoms with Crippen molar-refractivity contribution in [3.8, 4) is 0 Å². The standard InChI is InChI=1S/C21H31N3O3.HI/c1-16-18-6-3-4-7-19(18)27-20(16)14-24-21(22-2)23-10-5-11-26-15-17-8-12-25-13-9-17;/h3-4,6-7,17H,5,8-15H2,1-2H3,(H2,22,23,24);1H. The number of ether oxygens (including phenoxy) is 2. The quantitative estimate of drug-likeness (QED) is 0.249. The fourth-order valence-electron chi connectivity index (χ4n) is 3.32. The van der Waals surface area contributed by atoms with Gasteiger partial charge in [-0.05, 0) is 38.2 Å². The van der Waals surface area contributed by atoms with Gasteiger partial charge in [0.2, 0.25) is 0 Å². The lowest BCUT2D eigenvalue weighted by atomic mass is 10.0. The second-order valence-electron chi connectivity index (χ2n) is 6.98.